The topological polar surface area (TPSA) is 42.2 Å². The minimum atomic E-state index is -0.142. The first-order valence-corrected chi connectivity index (χ1v) is 7.76. The van der Waals surface area contributed by atoms with E-state index in [0.29, 0.717) is 11.3 Å². The molecule has 0 aliphatic heterocycles. The second-order valence-electron chi connectivity index (χ2n) is 6.85. The molecule has 3 nitrogen and oxygen atoms in total. The lowest BCUT2D eigenvalue weighted by Crippen LogP contribution is -2.13. The van der Waals surface area contributed by atoms with Gasteiger partial charge in [0, 0.05) is 11.1 Å². The second kappa shape index (κ2) is 5.58. The molecule has 0 bridgehead atoms. The van der Waals surface area contributed by atoms with Crippen LogP contribution in [0, 0.1) is 6.92 Å². The van der Waals surface area contributed by atoms with Crippen LogP contribution in [0.5, 0.6) is 0 Å². The van der Waals surface area contributed by atoms with E-state index in [1.54, 1.807) is 0 Å². The quantitative estimate of drug-likeness (QED) is 0.699. The summed E-state index contributed by atoms with van der Waals surface area (Å²) in [7, 11) is 0. The Morgan fingerprint density at radius 1 is 1.00 bits per heavy atom. The van der Waals surface area contributed by atoms with E-state index in [0.717, 1.165) is 22.2 Å². The summed E-state index contributed by atoms with van der Waals surface area (Å²) in [5.41, 5.74) is 1.25. The van der Waals surface area contributed by atoms with Gasteiger partial charge in [0.25, 0.3) is 5.91 Å². The Kier molecular flexibility index (Phi) is 3.72. The van der Waals surface area contributed by atoms with Crippen LogP contribution in [0.15, 0.2) is 52.9 Å². The maximum atomic E-state index is 12.5. The Bertz CT molecular complexity index is 869. The maximum Gasteiger partial charge on any atom is 0.259 e. The van der Waals surface area contributed by atoms with Gasteiger partial charge in [-0.1, -0.05) is 51.1 Å². The Balaban J connectivity index is 1.87. The molecule has 1 amide bonds. The molecule has 0 fully saturated rings. The minimum Gasteiger partial charge on any atom is -0.465 e. The molecule has 3 heteroatoms. The van der Waals surface area contributed by atoms with E-state index in [1.165, 1.54) is 0 Å². The number of amides is 1. The van der Waals surface area contributed by atoms with E-state index in [2.05, 4.69) is 32.2 Å². The summed E-state index contributed by atoms with van der Waals surface area (Å²) in [6.45, 7) is 8.02. The van der Waals surface area contributed by atoms with Gasteiger partial charge in [0.05, 0.1) is 5.56 Å². The van der Waals surface area contributed by atoms with Crippen molar-refractivity contribution in [3.8, 4) is 0 Å². The molecule has 0 aliphatic carbocycles. The van der Waals surface area contributed by atoms with Crippen LogP contribution in [0.1, 0.15) is 42.6 Å². The number of furan rings is 1. The molecule has 0 aliphatic rings. The van der Waals surface area contributed by atoms with Crippen LogP contribution < -0.4 is 5.32 Å². The first-order chi connectivity index (χ1) is 10.8. The highest BCUT2D eigenvalue weighted by molar-refractivity contribution is 6.06. The largest absolute Gasteiger partial charge is 0.465 e. The SMILES string of the molecule is Cc1oc(C(C)(C)C)cc1C(=O)Nc1ccc2ccccc2c1. The highest BCUT2D eigenvalue weighted by Gasteiger charge is 2.23. The van der Waals surface area contributed by atoms with Crippen molar-refractivity contribution in [3.05, 3.63) is 65.6 Å². The van der Waals surface area contributed by atoms with E-state index < -0.39 is 0 Å². The number of carbonyl (C=O) groups excluding carboxylic acids is 1. The number of aryl methyl sites for hydroxylation is 1. The fraction of sp³-hybridized carbons (Fsp3) is 0.250. The summed E-state index contributed by atoms with van der Waals surface area (Å²) < 4.78 is 5.75. The smallest absolute Gasteiger partial charge is 0.259 e. The summed E-state index contributed by atoms with van der Waals surface area (Å²) in [5, 5.41) is 5.21. The highest BCUT2D eigenvalue weighted by Crippen LogP contribution is 2.27. The number of benzene rings is 2. The van der Waals surface area contributed by atoms with Crippen molar-refractivity contribution in [2.75, 3.05) is 5.32 Å². The van der Waals surface area contributed by atoms with Gasteiger partial charge < -0.3 is 9.73 Å². The lowest BCUT2D eigenvalue weighted by molar-refractivity contribution is 0.102. The molecule has 3 aromatic rings. The Morgan fingerprint density at radius 3 is 2.35 bits per heavy atom. The molecule has 0 saturated heterocycles. The van der Waals surface area contributed by atoms with Crippen molar-refractivity contribution in [2.24, 2.45) is 0 Å². The zero-order valence-electron chi connectivity index (χ0n) is 13.9. The molecular weight excluding hydrogens is 286 g/mol. The molecule has 1 aromatic heterocycles. The average molecular weight is 307 g/mol. The van der Waals surface area contributed by atoms with E-state index in [1.807, 2.05) is 49.4 Å². The summed E-state index contributed by atoms with van der Waals surface area (Å²) in [6.07, 6.45) is 0. The number of nitrogens with one attached hydrogen (secondary N) is 1. The maximum absolute atomic E-state index is 12.5. The molecule has 23 heavy (non-hydrogen) atoms. The molecule has 1 heterocycles. The van der Waals surface area contributed by atoms with Crippen LogP contribution >= 0.6 is 0 Å². The fourth-order valence-corrected chi connectivity index (χ4v) is 2.54. The van der Waals surface area contributed by atoms with Gasteiger partial charge in [0.15, 0.2) is 0 Å². The van der Waals surface area contributed by atoms with Gasteiger partial charge in [-0.25, -0.2) is 0 Å². The second-order valence-corrected chi connectivity index (χ2v) is 6.85. The van der Waals surface area contributed by atoms with Crippen LogP contribution in [-0.2, 0) is 5.41 Å². The number of rotatable bonds is 2. The molecule has 1 N–H and O–H groups in total. The molecule has 0 unspecified atom stereocenters. The lowest BCUT2D eigenvalue weighted by Gasteiger charge is -2.13. The number of anilines is 1. The van der Waals surface area contributed by atoms with Gasteiger partial charge in [0.1, 0.15) is 11.5 Å². The standard InChI is InChI=1S/C20H21NO2/c1-13-17(12-18(23-13)20(2,3)4)19(22)21-16-10-9-14-7-5-6-8-15(14)11-16/h5-12H,1-4H3,(H,21,22). The third-order valence-corrected chi connectivity index (χ3v) is 3.91. The summed E-state index contributed by atoms with van der Waals surface area (Å²) in [6, 6.07) is 15.8. The monoisotopic (exact) mass is 307 g/mol. The van der Waals surface area contributed by atoms with Crippen LogP contribution in [0.4, 0.5) is 5.69 Å². The van der Waals surface area contributed by atoms with Crippen molar-refractivity contribution in [1.82, 2.24) is 0 Å². The van der Waals surface area contributed by atoms with E-state index >= 15 is 0 Å². The molecule has 3 rings (SSSR count). The van der Waals surface area contributed by atoms with Crippen LogP contribution in [0.2, 0.25) is 0 Å². The first-order valence-electron chi connectivity index (χ1n) is 7.76. The van der Waals surface area contributed by atoms with Crippen molar-refractivity contribution >= 4 is 22.4 Å². The van der Waals surface area contributed by atoms with Crippen molar-refractivity contribution in [3.63, 3.8) is 0 Å². The molecule has 0 radical (unpaired) electrons. The number of hydrogen-bond donors (Lipinski definition) is 1. The summed E-state index contributed by atoms with van der Waals surface area (Å²) >= 11 is 0. The van der Waals surface area contributed by atoms with Crippen molar-refractivity contribution < 1.29 is 9.21 Å². The Morgan fingerprint density at radius 2 is 1.70 bits per heavy atom. The van der Waals surface area contributed by atoms with E-state index in [-0.39, 0.29) is 11.3 Å². The summed E-state index contributed by atoms with van der Waals surface area (Å²) in [5.74, 6) is 1.32. The summed E-state index contributed by atoms with van der Waals surface area (Å²) in [4.78, 5) is 12.5. The highest BCUT2D eigenvalue weighted by atomic mass is 16.3. The number of fused-ring (bicyclic) bond motifs is 1. The number of carbonyl (C=O) groups is 1. The Hall–Kier alpha value is -2.55. The third kappa shape index (κ3) is 3.14. The average Bonchev–Trinajstić information content (AvgIpc) is 2.89. The normalized spacial score (nSPS) is 11.7. The van der Waals surface area contributed by atoms with Crippen molar-refractivity contribution in [2.45, 2.75) is 33.1 Å². The molecule has 0 atom stereocenters. The predicted octanol–water partition coefficient (Wildman–Crippen LogP) is 5.29. The zero-order valence-corrected chi connectivity index (χ0v) is 13.9. The van der Waals surface area contributed by atoms with Crippen molar-refractivity contribution in [1.29, 1.82) is 0 Å². The van der Waals surface area contributed by atoms with Crippen LogP contribution in [-0.4, -0.2) is 5.91 Å². The fourth-order valence-electron chi connectivity index (χ4n) is 2.54. The van der Waals surface area contributed by atoms with Gasteiger partial charge in [-0.15, -0.1) is 0 Å². The van der Waals surface area contributed by atoms with Gasteiger partial charge in [-0.05, 0) is 35.9 Å². The Labute approximate surface area is 136 Å². The van der Waals surface area contributed by atoms with Gasteiger partial charge in [0.2, 0.25) is 0 Å². The third-order valence-electron chi connectivity index (χ3n) is 3.91. The van der Waals surface area contributed by atoms with E-state index in [4.69, 9.17) is 4.42 Å². The predicted molar refractivity (Wildman–Crippen MR) is 94.0 cm³/mol. The van der Waals surface area contributed by atoms with E-state index in [9.17, 15) is 4.79 Å². The number of hydrogen-bond acceptors (Lipinski definition) is 2. The molecule has 0 spiro atoms. The van der Waals surface area contributed by atoms with Crippen LogP contribution in [0.25, 0.3) is 10.8 Å². The molecule has 118 valence electrons. The van der Waals surface area contributed by atoms with Crippen LogP contribution in [0.3, 0.4) is 0 Å². The zero-order chi connectivity index (χ0) is 16.6. The molecule has 2 aromatic carbocycles. The van der Waals surface area contributed by atoms with Gasteiger partial charge in [-0.3, -0.25) is 4.79 Å². The van der Waals surface area contributed by atoms with Gasteiger partial charge in [-0.2, -0.15) is 0 Å². The first kappa shape index (κ1) is 15.3. The lowest BCUT2D eigenvalue weighted by atomic mass is 9.93. The minimum absolute atomic E-state index is 0.119. The molecular formula is C20H21NO2. The molecule has 0 saturated carbocycles. The van der Waals surface area contributed by atoms with Gasteiger partial charge >= 0.3 is 0 Å².